The number of hydrogen-bond donors (Lipinski definition) is 3. The standard InChI is InChI=1S/C10H13N5O2/c11-8-4-3-7(14-15-8)10(17)13-6-2-1-5-12-9(6)16/h3-4,6H,1-2,5H2,(H2,11,15)(H,12,16)(H,13,17). The predicted octanol–water partition coefficient (Wildman–Crippen LogP) is -0.933. The van der Waals surface area contributed by atoms with Crippen LogP contribution in [0.15, 0.2) is 12.1 Å². The summed E-state index contributed by atoms with van der Waals surface area (Å²) in [5.74, 6) is -0.329. The van der Waals surface area contributed by atoms with Crippen molar-refractivity contribution in [2.24, 2.45) is 0 Å². The Balaban J connectivity index is 2.01. The summed E-state index contributed by atoms with van der Waals surface area (Å²) < 4.78 is 0. The minimum absolute atomic E-state index is 0.151. The average Bonchev–Trinajstić information content (AvgIpc) is 2.33. The lowest BCUT2D eigenvalue weighted by Gasteiger charge is -2.22. The van der Waals surface area contributed by atoms with Gasteiger partial charge in [-0.1, -0.05) is 0 Å². The maximum atomic E-state index is 11.7. The molecule has 17 heavy (non-hydrogen) atoms. The molecule has 90 valence electrons. The molecule has 0 saturated carbocycles. The third-order valence-corrected chi connectivity index (χ3v) is 2.51. The second kappa shape index (κ2) is 4.77. The highest BCUT2D eigenvalue weighted by atomic mass is 16.2. The van der Waals surface area contributed by atoms with Crippen molar-refractivity contribution in [1.82, 2.24) is 20.8 Å². The summed E-state index contributed by atoms with van der Waals surface area (Å²) >= 11 is 0. The van der Waals surface area contributed by atoms with Crippen LogP contribution < -0.4 is 16.4 Å². The molecule has 1 aromatic heterocycles. The summed E-state index contributed by atoms with van der Waals surface area (Å²) in [5, 5.41) is 12.5. The zero-order chi connectivity index (χ0) is 12.3. The number of piperidine rings is 1. The molecule has 1 fully saturated rings. The van der Waals surface area contributed by atoms with Crippen molar-refractivity contribution in [2.75, 3.05) is 12.3 Å². The highest BCUT2D eigenvalue weighted by Gasteiger charge is 2.24. The highest BCUT2D eigenvalue weighted by molar-refractivity contribution is 5.96. The van der Waals surface area contributed by atoms with Crippen molar-refractivity contribution in [2.45, 2.75) is 18.9 Å². The lowest BCUT2D eigenvalue weighted by atomic mass is 10.1. The SMILES string of the molecule is Nc1ccc(C(=O)NC2CCCNC2=O)nn1. The van der Waals surface area contributed by atoms with Crippen LogP contribution in [0.1, 0.15) is 23.3 Å². The van der Waals surface area contributed by atoms with Gasteiger partial charge in [-0.15, -0.1) is 10.2 Å². The Kier molecular flexibility index (Phi) is 3.17. The lowest BCUT2D eigenvalue weighted by Crippen LogP contribution is -2.50. The molecule has 0 radical (unpaired) electrons. The van der Waals surface area contributed by atoms with Crippen LogP contribution in [-0.2, 0) is 4.79 Å². The third kappa shape index (κ3) is 2.68. The van der Waals surface area contributed by atoms with E-state index < -0.39 is 11.9 Å². The van der Waals surface area contributed by atoms with Crippen LogP contribution in [0.3, 0.4) is 0 Å². The summed E-state index contributed by atoms with van der Waals surface area (Å²) in [4.78, 5) is 23.2. The van der Waals surface area contributed by atoms with E-state index in [2.05, 4.69) is 20.8 Å². The average molecular weight is 235 g/mol. The van der Waals surface area contributed by atoms with E-state index in [1.165, 1.54) is 12.1 Å². The molecule has 2 amide bonds. The van der Waals surface area contributed by atoms with Crippen LogP contribution in [0.25, 0.3) is 0 Å². The number of amides is 2. The second-order valence-electron chi connectivity index (χ2n) is 3.80. The van der Waals surface area contributed by atoms with Gasteiger partial charge in [-0.25, -0.2) is 0 Å². The molecule has 0 aromatic carbocycles. The van der Waals surface area contributed by atoms with Gasteiger partial charge < -0.3 is 16.4 Å². The Morgan fingerprint density at radius 3 is 2.94 bits per heavy atom. The first-order valence-corrected chi connectivity index (χ1v) is 5.34. The van der Waals surface area contributed by atoms with Crippen molar-refractivity contribution in [3.63, 3.8) is 0 Å². The monoisotopic (exact) mass is 235 g/mol. The van der Waals surface area contributed by atoms with E-state index in [1.807, 2.05) is 0 Å². The van der Waals surface area contributed by atoms with Gasteiger partial charge in [0.2, 0.25) is 5.91 Å². The van der Waals surface area contributed by atoms with E-state index in [4.69, 9.17) is 5.73 Å². The third-order valence-electron chi connectivity index (χ3n) is 2.51. The molecular formula is C10H13N5O2. The van der Waals surface area contributed by atoms with Crippen molar-refractivity contribution >= 4 is 17.6 Å². The number of nitrogen functional groups attached to an aromatic ring is 1. The van der Waals surface area contributed by atoms with Gasteiger partial charge in [-0.2, -0.15) is 0 Å². The predicted molar refractivity (Wildman–Crippen MR) is 59.9 cm³/mol. The normalized spacial score (nSPS) is 19.5. The van der Waals surface area contributed by atoms with E-state index in [-0.39, 0.29) is 17.4 Å². The molecule has 2 rings (SSSR count). The number of nitrogens with one attached hydrogen (secondary N) is 2. The molecule has 1 aliphatic heterocycles. The molecule has 1 unspecified atom stereocenters. The summed E-state index contributed by atoms with van der Waals surface area (Å²) in [5.41, 5.74) is 5.51. The van der Waals surface area contributed by atoms with Crippen LogP contribution in [0.2, 0.25) is 0 Å². The molecule has 0 bridgehead atoms. The zero-order valence-electron chi connectivity index (χ0n) is 9.14. The van der Waals surface area contributed by atoms with E-state index in [0.29, 0.717) is 13.0 Å². The fourth-order valence-corrected chi connectivity index (χ4v) is 1.61. The number of rotatable bonds is 2. The van der Waals surface area contributed by atoms with Crippen LogP contribution in [0.4, 0.5) is 5.82 Å². The Hall–Kier alpha value is -2.18. The fourth-order valence-electron chi connectivity index (χ4n) is 1.61. The first-order valence-electron chi connectivity index (χ1n) is 5.34. The van der Waals surface area contributed by atoms with Crippen LogP contribution >= 0.6 is 0 Å². The first kappa shape index (κ1) is 11.3. The molecule has 0 aliphatic carbocycles. The van der Waals surface area contributed by atoms with Crippen molar-refractivity contribution in [3.8, 4) is 0 Å². The van der Waals surface area contributed by atoms with Crippen LogP contribution in [0.5, 0.6) is 0 Å². The molecule has 0 spiro atoms. The topological polar surface area (TPSA) is 110 Å². The molecular weight excluding hydrogens is 222 g/mol. The Morgan fingerprint density at radius 1 is 1.47 bits per heavy atom. The zero-order valence-corrected chi connectivity index (χ0v) is 9.14. The van der Waals surface area contributed by atoms with Gasteiger partial charge in [0, 0.05) is 6.54 Å². The Bertz CT molecular complexity index is 431. The Labute approximate surface area is 97.8 Å². The fraction of sp³-hybridized carbons (Fsp3) is 0.400. The number of aromatic nitrogens is 2. The summed E-state index contributed by atoms with van der Waals surface area (Å²) in [7, 11) is 0. The molecule has 4 N–H and O–H groups in total. The van der Waals surface area contributed by atoms with E-state index in [9.17, 15) is 9.59 Å². The van der Waals surface area contributed by atoms with Crippen molar-refractivity contribution in [3.05, 3.63) is 17.8 Å². The van der Waals surface area contributed by atoms with Gasteiger partial charge in [-0.3, -0.25) is 9.59 Å². The molecule has 7 heteroatoms. The number of anilines is 1. The van der Waals surface area contributed by atoms with Crippen molar-refractivity contribution < 1.29 is 9.59 Å². The number of nitrogens with two attached hydrogens (primary N) is 1. The first-order chi connectivity index (χ1) is 8.16. The van der Waals surface area contributed by atoms with Crippen LogP contribution in [0, 0.1) is 0 Å². The van der Waals surface area contributed by atoms with E-state index in [0.717, 1.165) is 6.42 Å². The summed E-state index contributed by atoms with van der Waals surface area (Å²) in [6.45, 7) is 0.660. The van der Waals surface area contributed by atoms with Gasteiger partial charge >= 0.3 is 0 Å². The smallest absolute Gasteiger partial charge is 0.272 e. The van der Waals surface area contributed by atoms with Gasteiger partial charge in [0.15, 0.2) is 5.69 Å². The van der Waals surface area contributed by atoms with Crippen molar-refractivity contribution in [1.29, 1.82) is 0 Å². The second-order valence-corrected chi connectivity index (χ2v) is 3.80. The lowest BCUT2D eigenvalue weighted by molar-refractivity contribution is -0.124. The van der Waals surface area contributed by atoms with Crippen LogP contribution in [-0.4, -0.2) is 34.6 Å². The van der Waals surface area contributed by atoms with Gasteiger partial charge in [0.25, 0.3) is 5.91 Å². The number of hydrogen-bond acceptors (Lipinski definition) is 5. The van der Waals surface area contributed by atoms with Gasteiger partial charge in [0.1, 0.15) is 11.9 Å². The number of carbonyl (C=O) groups excluding carboxylic acids is 2. The molecule has 1 saturated heterocycles. The minimum atomic E-state index is -0.490. The quantitative estimate of drug-likeness (QED) is 0.613. The maximum absolute atomic E-state index is 11.7. The summed E-state index contributed by atoms with van der Waals surface area (Å²) in [6, 6.07) is 2.47. The molecule has 7 nitrogen and oxygen atoms in total. The highest BCUT2D eigenvalue weighted by Crippen LogP contribution is 2.04. The maximum Gasteiger partial charge on any atom is 0.272 e. The molecule has 1 aromatic rings. The largest absolute Gasteiger partial charge is 0.382 e. The van der Waals surface area contributed by atoms with Gasteiger partial charge in [-0.05, 0) is 25.0 Å². The summed E-state index contributed by atoms with van der Waals surface area (Å²) in [6.07, 6.45) is 1.49. The molecule has 1 atom stereocenters. The number of nitrogens with zero attached hydrogens (tertiary/aromatic N) is 2. The number of carbonyl (C=O) groups is 2. The molecule has 1 aliphatic rings. The minimum Gasteiger partial charge on any atom is -0.382 e. The molecule has 2 heterocycles. The van der Waals surface area contributed by atoms with E-state index in [1.54, 1.807) is 0 Å². The van der Waals surface area contributed by atoms with Gasteiger partial charge in [0.05, 0.1) is 0 Å². The Morgan fingerprint density at radius 2 is 2.29 bits per heavy atom. The van der Waals surface area contributed by atoms with E-state index >= 15 is 0 Å².